The third-order valence-electron chi connectivity index (χ3n) is 4.44. The van der Waals surface area contributed by atoms with Gasteiger partial charge in [0.1, 0.15) is 0 Å². The van der Waals surface area contributed by atoms with E-state index >= 15 is 0 Å². The van der Waals surface area contributed by atoms with Crippen molar-refractivity contribution in [1.82, 2.24) is 5.32 Å². The molecule has 2 aliphatic rings. The standard InChI is InChI=1S/C13H24N2O3S/c14-7-10-1-3-12(4-2-10)13(16)15-8-11-5-6-19(17,18)9-11/h10-12H,1-9,14H2,(H,15,16). The molecule has 2 rings (SSSR count). The highest BCUT2D eigenvalue weighted by molar-refractivity contribution is 7.91. The van der Waals surface area contributed by atoms with Gasteiger partial charge in [-0.05, 0) is 50.5 Å². The van der Waals surface area contributed by atoms with E-state index in [2.05, 4.69) is 5.32 Å². The lowest BCUT2D eigenvalue weighted by Gasteiger charge is -2.27. The zero-order valence-electron chi connectivity index (χ0n) is 11.3. The van der Waals surface area contributed by atoms with Crippen molar-refractivity contribution < 1.29 is 13.2 Å². The summed E-state index contributed by atoms with van der Waals surface area (Å²) in [7, 11) is -2.84. The van der Waals surface area contributed by atoms with Crippen LogP contribution in [0, 0.1) is 17.8 Å². The number of rotatable bonds is 4. The molecule has 1 amide bonds. The lowest BCUT2D eigenvalue weighted by molar-refractivity contribution is -0.126. The molecule has 0 aromatic rings. The lowest BCUT2D eigenvalue weighted by Crippen LogP contribution is -2.37. The van der Waals surface area contributed by atoms with Gasteiger partial charge in [0.2, 0.25) is 5.91 Å². The van der Waals surface area contributed by atoms with Gasteiger partial charge in [-0.2, -0.15) is 0 Å². The van der Waals surface area contributed by atoms with Gasteiger partial charge in [0.15, 0.2) is 9.84 Å². The topological polar surface area (TPSA) is 89.3 Å². The zero-order valence-corrected chi connectivity index (χ0v) is 12.1. The van der Waals surface area contributed by atoms with Crippen LogP contribution in [0.4, 0.5) is 0 Å². The molecule has 0 bridgehead atoms. The molecule has 1 aliphatic carbocycles. The first-order valence-corrected chi connectivity index (χ1v) is 9.00. The van der Waals surface area contributed by atoms with Crippen molar-refractivity contribution in [3.05, 3.63) is 0 Å². The molecular weight excluding hydrogens is 264 g/mol. The largest absolute Gasteiger partial charge is 0.356 e. The third kappa shape index (κ3) is 4.18. The van der Waals surface area contributed by atoms with Crippen molar-refractivity contribution in [2.75, 3.05) is 24.6 Å². The lowest BCUT2D eigenvalue weighted by atomic mass is 9.81. The summed E-state index contributed by atoms with van der Waals surface area (Å²) in [5.41, 5.74) is 5.63. The monoisotopic (exact) mass is 288 g/mol. The Labute approximate surface area is 115 Å². The Hall–Kier alpha value is -0.620. The number of hydrogen-bond acceptors (Lipinski definition) is 4. The second kappa shape index (κ2) is 6.22. The minimum atomic E-state index is -2.84. The summed E-state index contributed by atoms with van der Waals surface area (Å²) in [6, 6.07) is 0. The van der Waals surface area contributed by atoms with E-state index in [0.717, 1.165) is 25.7 Å². The van der Waals surface area contributed by atoms with E-state index in [9.17, 15) is 13.2 Å². The van der Waals surface area contributed by atoms with E-state index in [1.54, 1.807) is 0 Å². The molecule has 0 spiro atoms. The van der Waals surface area contributed by atoms with E-state index in [4.69, 9.17) is 5.73 Å². The average Bonchev–Trinajstić information content (AvgIpc) is 2.76. The van der Waals surface area contributed by atoms with Crippen LogP contribution >= 0.6 is 0 Å². The van der Waals surface area contributed by atoms with Crippen molar-refractivity contribution in [1.29, 1.82) is 0 Å². The first-order chi connectivity index (χ1) is 9.00. The average molecular weight is 288 g/mol. The van der Waals surface area contributed by atoms with E-state index in [-0.39, 0.29) is 29.2 Å². The van der Waals surface area contributed by atoms with Gasteiger partial charge in [-0.15, -0.1) is 0 Å². The van der Waals surface area contributed by atoms with Crippen LogP contribution in [0.3, 0.4) is 0 Å². The van der Waals surface area contributed by atoms with E-state index in [1.807, 2.05) is 0 Å². The Bertz CT molecular complexity index is 414. The molecule has 5 nitrogen and oxygen atoms in total. The number of nitrogens with one attached hydrogen (secondary N) is 1. The third-order valence-corrected chi connectivity index (χ3v) is 6.28. The van der Waals surface area contributed by atoms with E-state index in [0.29, 0.717) is 25.4 Å². The summed E-state index contributed by atoms with van der Waals surface area (Å²) in [6.45, 7) is 1.23. The molecule has 1 aliphatic heterocycles. The predicted octanol–water partition coefficient (Wildman–Crippen LogP) is 0.302. The van der Waals surface area contributed by atoms with Crippen molar-refractivity contribution in [2.24, 2.45) is 23.5 Å². The van der Waals surface area contributed by atoms with Crippen LogP contribution in [0.2, 0.25) is 0 Å². The summed E-state index contributed by atoms with van der Waals surface area (Å²) >= 11 is 0. The molecule has 110 valence electrons. The Kier molecular flexibility index (Phi) is 4.84. The maximum Gasteiger partial charge on any atom is 0.223 e. The van der Waals surface area contributed by atoms with Crippen molar-refractivity contribution >= 4 is 15.7 Å². The van der Waals surface area contributed by atoms with Crippen molar-refractivity contribution in [3.8, 4) is 0 Å². The van der Waals surface area contributed by atoms with Crippen molar-refractivity contribution in [3.63, 3.8) is 0 Å². The summed E-state index contributed by atoms with van der Waals surface area (Å²) in [6.07, 6.45) is 4.58. The zero-order chi connectivity index (χ0) is 13.9. The molecular formula is C13H24N2O3S. The number of carbonyl (C=O) groups is 1. The van der Waals surface area contributed by atoms with Gasteiger partial charge in [0.25, 0.3) is 0 Å². The van der Waals surface area contributed by atoms with E-state index < -0.39 is 9.84 Å². The second-order valence-corrected chi connectivity index (χ2v) is 8.20. The van der Waals surface area contributed by atoms with Crippen LogP contribution < -0.4 is 11.1 Å². The number of sulfone groups is 1. The summed E-state index contributed by atoms with van der Waals surface area (Å²) in [5.74, 6) is 1.38. The van der Waals surface area contributed by atoms with Gasteiger partial charge in [-0.1, -0.05) is 0 Å². The highest BCUT2D eigenvalue weighted by Gasteiger charge is 2.30. The number of carbonyl (C=O) groups excluding carboxylic acids is 1. The molecule has 0 aromatic heterocycles. The molecule has 6 heteroatoms. The van der Waals surface area contributed by atoms with E-state index in [1.165, 1.54) is 0 Å². The Morgan fingerprint density at radius 3 is 2.32 bits per heavy atom. The molecule has 1 heterocycles. The van der Waals surface area contributed by atoms with Gasteiger partial charge in [-0.25, -0.2) is 8.42 Å². The van der Waals surface area contributed by atoms with Gasteiger partial charge in [-0.3, -0.25) is 4.79 Å². The quantitative estimate of drug-likeness (QED) is 0.779. The number of hydrogen-bond donors (Lipinski definition) is 2. The van der Waals surface area contributed by atoms with Crippen molar-refractivity contribution in [2.45, 2.75) is 32.1 Å². The molecule has 1 atom stereocenters. The van der Waals surface area contributed by atoms with Gasteiger partial charge in [0, 0.05) is 12.5 Å². The molecule has 3 N–H and O–H groups in total. The fourth-order valence-electron chi connectivity index (χ4n) is 3.08. The Morgan fingerprint density at radius 1 is 1.11 bits per heavy atom. The molecule has 0 aromatic carbocycles. The van der Waals surface area contributed by atoms with Gasteiger partial charge in [0.05, 0.1) is 11.5 Å². The fraction of sp³-hybridized carbons (Fsp3) is 0.923. The highest BCUT2D eigenvalue weighted by Crippen LogP contribution is 2.28. The highest BCUT2D eigenvalue weighted by atomic mass is 32.2. The molecule has 2 fully saturated rings. The number of nitrogens with two attached hydrogens (primary N) is 1. The summed E-state index contributed by atoms with van der Waals surface area (Å²) in [4.78, 5) is 12.0. The minimum Gasteiger partial charge on any atom is -0.356 e. The van der Waals surface area contributed by atoms with Crippen LogP contribution in [0.15, 0.2) is 0 Å². The van der Waals surface area contributed by atoms with Crippen LogP contribution in [0.5, 0.6) is 0 Å². The first-order valence-electron chi connectivity index (χ1n) is 7.18. The molecule has 1 unspecified atom stereocenters. The van der Waals surface area contributed by atoms with Gasteiger partial charge < -0.3 is 11.1 Å². The molecule has 1 saturated carbocycles. The summed E-state index contributed by atoms with van der Waals surface area (Å²) < 4.78 is 22.7. The molecule has 1 saturated heterocycles. The van der Waals surface area contributed by atoms with Crippen LogP contribution in [0.25, 0.3) is 0 Å². The maximum absolute atomic E-state index is 12.0. The fourth-order valence-corrected chi connectivity index (χ4v) is 4.94. The smallest absolute Gasteiger partial charge is 0.223 e. The second-order valence-electron chi connectivity index (χ2n) is 5.97. The Balaban J connectivity index is 1.71. The SMILES string of the molecule is NCC1CCC(C(=O)NCC2CCS(=O)(=O)C2)CC1. The summed E-state index contributed by atoms with van der Waals surface area (Å²) in [5, 5.41) is 2.93. The number of amides is 1. The predicted molar refractivity (Wildman–Crippen MR) is 74.3 cm³/mol. The van der Waals surface area contributed by atoms with Crippen LogP contribution in [-0.4, -0.2) is 38.9 Å². The molecule has 0 radical (unpaired) electrons. The van der Waals surface area contributed by atoms with Gasteiger partial charge >= 0.3 is 0 Å². The minimum absolute atomic E-state index is 0.0970. The maximum atomic E-state index is 12.0. The van der Waals surface area contributed by atoms with Crippen LogP contribution in [-0.2, 0) is 14.6 Å². The first kappa shape index (κ1) is 14.8. The van der Waals surface area contributed by atoms with Crippen LogP contribution in [0.1, 0.15) is 32.1 Å². The molecule has 19 heavy (non-hydrogen) atoms. The Morgan fingerprint density at radius 2 is 1.79 bits per heavy atom. The normalized spacial score (nSPS) is 34.1.